The number of benzene rings is 1. The number of rotatable bonds is 2. The predicted octanol–water partition coefficient (Wildman–Crippen LogP) is 2.79. The van der Waals surface area contributed by atoms with Gasteiger partial charge in [-0.15, -0.1) is 0 Å². The Morgan fingerprint density at radius 1 is 1.32 bits per heavy atom. The zero-order valence-electron chi connectivity index (χ0n) is 10.3. The molecule has 0 saturated carbocycles. The van der Waals surface area contributed by atoms with Gasteiger partial charge < -0.3 is 10.0 Å². The van der Waals surface area contributed by atoms with Crippen LogP contribution >= 0.6 is 23.2 Å². The number of halogens is 2. The van der Waals surface area contributed by atoms with Gasteiger partial charge in [0.15, 0.2) is 0 Å². The van der Waals surface area contributed by atoms with Crippen molar-refractivity contribution < 1.29 is 14.7 Å². The molecule has 0 bridgehead atoms. The van der Waals surface area contributed by atoms with Crippen LogP contribution in [0.4, 0.5) is 0 Å². The molecule has 1 heterocycles. The number of hydrogen-bond donors (Lipinski definition) is 1. The fourth-order valence-corrected chi connectivity index (χ4v) is 2.67. The van der Waals surface area contributed by atoms with E-state index in [-0.39, 0.29) is 23.4 Å². The van der Waals surface area contributed by atoms with Crippen LogP contribution in [-0.4, -0.2) is 35.0 Å². The maximum atomic E-state index is 12.3. The number of carboxylic acids is 1. The van der Waals surface area contributed by atoms with Crippen molar-refractivity contribution in [2.75, 3.05) is 13.1 Å². The van der Waals surface area contributed by atoms with Crippen molar-refractivity contribution in [2.45, 2.75) is 6.92 Å². The molecule has 0 radical (unpaired) electrons. The summed E-state index contributed by atoms with van der Waals surface area (Å²) in [5, 5.41) is 9.59. The largest absolute Gasteiger partial charge is 0.481 e. The zero-order valence-corrected chi connectivity index (χ0v) is 11.8. The molecule has 1 N–H and O–H groups in total. The molecule has 1 fully saturated rings. The van der Waals surface area contributed by atoms with E-state index in [1.165, 1.54) is 4.90 Å². The number of hydrogen-bond acceptors (Lipinski definition) is 2. The van der Waals surface area contributed by atoms with E-state index >= 15 is 0 Å². The number of amides is 1. The Bertz CT molecular complexity index is 533. The number of carbonyl (C=O) groups excluding carboxylic acids is 1. The molecule has 2 atom stereocenters. The Labute approximate surface area is 120 Å². The Balaban J connectivity index is 2.22. The van der Waals surface area contributed by atoms with Gasteiger partial charge in [-0.2, -0.15) is 0 Å². The lowest BCUT2D eigenvalue weighted by Gasteiger charge is -2.17. The molecule has 1 amide bonds. The number of nitrogens with zero attached hydrogens (tertiary/aromatic N) is 1. The molecule has 1 aliphatic heterocycles. The number of carboxylic acid groups (broad SMARTS) is 1. The van der Waals surface area contributed by atoms with Gasteiger partial charge in [0, 0.05) is 13.1 Å². The van der Waals surface area contributed by atoms with E-state index < -0.39 is 11.9 Å². The topological polar surface area (TPSA) is 57.6 Å². The van der Waals surface area contributed by atoms with Gasteiger partial charge in [0.25, 0.3) is 5.91 Å². The standard InChI is InChI=1S/C13H13Cl2NO3/c1-7-5-16(6-9(7)13(18)19)12(17)8-3-2-4-10(14)11(8)15/h2-4,7,9H,5-6H2,1H3,(H,18,19)/t7-,9-/m1/s1. The van der Waals surface area contributed by atoms with Crippen molar-refractivity contribution in [3.05, 3.63) is 33.8 Å². The SMILES string of the molecule is C[C@@H]1CN(C(=O)c2cccc(Cl)c2Cl)C[C@H]1C(=O)O. The lowest BCUT2D eigenvalue weighted by molar-refractivity contribution is -0.142. The summed E-state index contributed by atoms with van der Waals surface area (Å²) in [5.74, 6) is -1.75. The summed E-state index contributed by atoms with van der Waals surface area (Å²) in [5.41, 5.74) is 0.312. The monoisotopic (exact) mass is 301 g/mol. The summed E-state index contributed by atoms with van der Waals surface area (Å²) in [7, 11) is 0. The zero-order chi connectivity index (χ0) is 14.2. The molecule has 1 aromatic carbocycles. The van der Waals surface area contributed by atoms with Crippen LogP contribution in [0, 0.1) is 11.8 Å². The Kier molecular flexibility index (Phi) is 4.02. The van der Waals surface area contributed by atoms with Crippen LogP contribution in [-0.2, 0) is 4.79 Å². The average molecular weight is 302 g/mol. The summed E-state index contributed by atoms with van der Waals surface area (Å²) in [4.78, 5) is 24.9. The highest BCUT2D eigenvalue weighted by Crippen LogP contribution is 2.29. The normalized spacial score (nSPS) is 22.6. The smallest absolute Gasteiger partial charge is 0.308 e. The predicted molar refractivity (Wildman–Crippen MR) is 72.7 cm³/mol. The minimum atomic E-state index is -0.875. The maximum Gasteiger partial charge on any atom is 0.308 e. The molecule has 102 valence electrons. The van der Waals surface area contributed by atoms with Gasteiger partial charge in [0.1, 0.15) is 0 Å². The van der Waals surface area contributed by atoms with E-state index in [4.69, 9.17) is 28.3 Å². The lowest BCUT2D eigenvalue weighted by Crippen LogP contribution is -2.30. The third-order valence-corrected chi connectivity index (χ3v) is 4.22. The first-order chi connectivity index (χ1) is 8.91. The molecule has 1 aliphatic rings. The second-order valence-electron chi connectivity index (χ2n) is 4.73. The molecule has 19 heavy (non-hydrogen) atoms. The molecular weight excluding hydrogens is 289 g/mol. The molecule has 0 aliphatic carbocycles. The number of likely N-dealkylation sites (tertiary alicyclic amines) is 1. The van der Waals surface area contributed by atoms with Gasteiger partial charge in [0.2, 0.25) is 0 Å². The molecule has 0 aromatic heterocycles. The lowest BCUT2D eigenvalue weighted by atomic mass is 9.99. The maximum absolute atomic E-state index is 12.3. The third kappa shape index (κ3) is 2.69. The molecule has 0 spiro atoms. The van der Waals surface area contributed by atoms with E-state index in [1.54, 1.807) is 18.2 Å². The van der Waals surface area contributed by atoms with Crippen LogP contribution in [0.1, 0.15) is 17.3 Å². The van der Waals surface area contributed by atoms with E-state index in [1.807, 2.05) is 6.92 Å². The van der Waals surface area contributed by atoms with Crippen LogP contribution in [0.25, 0.3) is 0 Å². The molecule has 1 saturated heterocycles. The van der Waals surface area contributed by atoms with Crippen LogP contribution in [0.2, 0.25) is 10.0 Å². The van der Waals surface area contributed by atoms with Gasteiger partial charge in [0.05, 0.1) is 21.5 Å². The van der Waals surface area contributed by atoms with Crippen molar-refractivity contribution in [2.24, 2.45) is 11.8 Å². The quantitative estimate of drug-likeness (QED) is 0.914. The fourth-order valence-electron chi connectivity index (χ4n) is 2.29. The van der Waals surface area contributed by atoms with E-state index in [2.05, 4.69) is 0 Å². The minimum Gasteiger partial charge on any atom is -0.481 e. The molecular formula is C13H13Cl2NO3. The Morgan fingerprint density at radius 3 is 2.58 bits per heavy atom. The molecule has 1 aromatic rings. The highest BCUT2D eigenvalue weighted by atomic mass is 35.5. The van der Waals surface area contributed by atoms with Crippen molar-refractivity contribution in [3.63, 3.8) is 0 Å². The second kappa shape index (κ2) is 5.39. The van der Waals surface area contributed by atoms with Crippen LogP contribution in [0.15, 0.2) is 18.2 Å². The second-order valence-corrected chi connectivity index (χ2v) is 5.52. The highest BCUT2D eigenvalue weighted by Gasteiger charge is 2.37. The van der Waals surface area contributed by atoms with E-state index in [0.717, 1.165) is 0 Å². The van der Waals surface area contributed by atoms with Crippen molar-refractivity contribution >= 4 is 35.1 Å². The van der Waals surface area contributed by atoms with Crippen molar-refractivity contribution in [3.8, 4) is 0 Å². The van der Waals surface area contributed by atoms with Gasteiger partial charge in [-0.3, -0.25) is 9.59 Å². The Morgan fingerprint density at radius 2 is 2.00 bits per heavy atom. The molecule has 6 heteroatoms. The van der Waals surface area contributed by atoms with Crippen molar-refractivity contribution in [1.29, 1.82) is 0 Å². The van der Waals surface area contributed by atoms with E-state index in [0.29, 0.717) is 17.1 Å². The summed E-state index contributed by atoms with van der Waals surface area (Å²) < 4.78 is 0. The first-order valence-corrected chi connectivity index (χ1v) is 6.63. The summed E-state index contributed by atoms with van der Waals surface area (Å²) in [6, 6.07) is 4.85. The molecule has 4 nitrogen and oxygen atoms in total. The van der Waals surface area contributed by atoms with Gasteiger partial charge in [-0.1, -0.05) is 36.2 Å². The molecule has 2 rings (SSSR count). The summed E-state index contributed by atoms with van der Waals surface area (Å²) >= 11 is 11.9. The van der Waals surface area contributed by atoms with Gasteiger partial charge in [-0.05, 0) is 18.1 Å². The number of aliphatic carboxylic acids is 1. The average Bonchev–Trinajstić information content (AvgIpc) is 2.74. The fraction of sp³-hybridized carbons (Fsp3) is 0.385. The summed E-state index contributed by atoms with van der Waals surface area (Å²) in [6.07, 6.45) is 0. The molecule has 0 unspecified atom stereocenters. The van der Waals surface area contributed by atoms with E-state index in [9.17, 15) is 9.59 Å². The number of carbonyl (C=O) groups is 2. The minimum absolute atomic E-state index is 0.0700. The summed E-state index contributed by atoms with van der Waals surface area (Å²) in [6.45, 7) is 2.45. The van der Waals surface area contributed by atoms with Gasteiger partial charge >= 0.3 is 5.97 Å². The highest BCUT2D eigenvalue weighted by molar-refractivity contribution is 6.43. The third-order valence-electron chi connectivity index (χ3n) is 3.40. The van der Waals surface area contributed by atoms with Gasteiger partial charge in [-0.25, -0.2) is 0 Å². The first kappa shape index (κ1) is 14.2. The van der Waals surface area contributed by atoms with Crippen LogP contribution in [0.3, 0.4) is 0 Å². The Hall–Kier alpha value is -1.26. The van der Waals surface area contributed by atoms with Crippen LogP contribution < -0.4 is 0 Å². The van der Waals surface area contributed by atoms with Crippen molar-refractivity contribution in [1.82, 2.24) is 4.90 Å². The first-order valence-electron chi connectivity index (χ1n) is 5.88. The van der Waals surface area contributed by atoms with Crippen LogP contribution in [0.5, 0.6) is 0 Å².